The van der Waals surface area contributed by atoms with Gasteiger partial charge in [0, 0.05) is 23.3 Å². The average molecular weight is 472 g/mol. The molecule has 0 radical (unpaired) electrons. The lowest BCUT2D eigenvalue weighted by Gasteiger charge is -2.43. The third kappa shape index (κ3) is 3.32. The second-order valence-electron chi connectivity index (χ2n) is 9.84. The van der Waals surface area contributed by atoms with E-state index in [0.717, 1.165) is 37.3 Å². The molecule has 4 heteroatoms. The lowest BCUT2D eigenvalue weighted by atomic mass is 9.80. The zero-order valence-corrected chi connectivity index (χ0v) is 20.0. The SMILES string of the molecule is COc1ccc(C[N@+]23C[C@@H](C)[C@@H]4CC[C@H]([C@@H](OCc5ccccc5)C2)[C@@]43C)cc1.[Br-]. The summed E-state index contributed by atoms with van der Waals surface area (Å²) in [4.78, 5) is 0. The second kappa shape index (κ2) is 8.29. The van der Waals surface area contributed by atoms with Crippen LogP contribution in [-0.4, -0.2) is 36.3 Å². The Hall–Kier alpha value is -1.36. The zero-order chi connectivity index (χ0) is 20.1. The molecule has 30 heavy (non-hydrogen) atoms. The molecule has 0 aromatic heterocycles. The third-order valence-corrected chi connectivity index (χ3v) is 8.57. The largest absolute Gasteiger partial charge is 1.00 e. The summed E-state index contributed by atoms with van der Waals surface area (Å²) in [5, 5.41) is 0. The van der Waals surface area contributed by atoms with Gasteiger partial charge in [-0.15, -0.1) is 0 Å². The fraction of sp³-hybridized carbons (Fsp3) is 0.538. The molecule has 1 saturated carbocycles. The van der Waals surface area contributed by atoms with E-state index in [4.69, 9.17) is 9.47 Å². The van der Waals surface area contributed by atoms with E-state index in [-0.39, 0.29) is 17.0 Å². The maximum absolute atomic E-state index is 6.62. The van der Waals surface area contributed by atoms with Crippen LogP contribution in [0.1, 0.15) is 37.8 Å². The summed E-state index contributed by atoms with van der Waals surface area (Å²) in [6.07, 6.45) is 3.07. The highest BCUT2D eigenvalue weighted by molar-refractivity contribution is 5.27. The van der Waals surface area contributed by atoms with Gasteiger partial charge in [-0.1, -0.05) is 37.3 Å². The molecule has 0 amide bonds. The number of rotatable bonds is 6. The zero-order valence-electron chi connectivity index (χ0n) is 18.4. The molecule has 162 valence electrons. The van der Waals surface area contributed by atoms with Crippen LogP contribution in [0.15, 0.2) is 54.6 Å². The van der Waals surface area contributed by atoms with Crippen molar-refractivity contribution in [2.45, 2.75) is 51.5 Å². The summed E-state index contributed by atoms with van der Waals surface area (Å²) in [7, 11) is 1.74. The Morgan fingerprint density at radius 2 is 1.63 bits per heavy atom. The number of benzene rings is 2. The predicted octanol–water partition coefficient (Wildman–Crippen LogP) is 2.05. The number of nitrogens with zero attached hydrogens (tertiary/aromatic N) is 1. The lowest BCUT2D eigenvalue weighted by molar-refractivity contribution is -0.967. The first-order chi connectivity index (χ1) is 14.1. The Labute approximate surface area is 191 Å². The number of halogens is 1. The molecule has 2 heterocycles. The molecule has 0 unspecified atom stereocenters. The van der Waals surface area contributed by atoms with E-state index in [1.54, 1.807) is 7.11 Å². The molecule has 2 saturated heterocycles. The number of methoxy groups -OCH3 is 1. The van der Waals surface area contributed by atoms with E-state index in [9.17, 15) is 0 Å². The Morgan fingerprint density at radius 1 is 0.933 bits per heavy atom. The molecule has 3 fully saturated rings. The van der Waals surface area contributed by atoms with Crippen molar-refractivity contribution in [2.75, 3.05) is 20.2 Å². The first-order valence-corrected chi connectivity index (χ1v) is 11.2. The van der Waals surface area contributed by atoms with E-state index in [0.29, 0.717) is 17.6 Å². The Balaban J connectivity index is 0.00000218. The minimum atomic E-state index is 0. The number of hydrogen-bond acceptors (Lipinski definition) is 2. The molecule has 1 aliphatic carbocycles. The first kappa shape index (κ1) is 21.9. The summed E-state index contributed by atoms with van der Waals surface area (Å²) in [5.74, 6) is 3.26. The van der Waals surface area contributed by atoms with Crippen LogP contribution < -0.4 is 21.7 Å². The van der Waals surface area contributed by atoms with E-state index >= 15 is 0 Å². The number of quaternary nitrogens is 1. The first-order valence-electron chi connectivity index (χ1n) is 11.2. The molecular formula is C26H34BrNO2. The van der Waals surface area contributed by atoms with Crippen LogP contribution in [0.5, 0.6) is 5.75 Å². The van der Waals surface area contributed by atoms with Crippen molar-refractivity contribution in [1.82, 2.24) is 0 Å². The highest BCUT2D eigenvalue weighted by Crippen LogP contribution is 2.62. The second-order valence-corrected chi connectivity index (χ2v) is 9.84. The Morgan fingerprint density at radius 3 is 2.33 bits per heavy atom. The highest BCUT2D eigenvalue weighted by atomic mass is 79.9. The van der Waals surface area contributed by atoms with Crippen molar-refractivity contribution in [3.05, 3.63) is 65.7 Å². The predicted molar refractivity (Wildman–Crippen MR) is 115 cm³/mol. The van der Waals surface area contributed by atoms with Crippen molar-refractivity contribution in [2.24, 2.45) is 17.8 Å². The average Bonchev–Trinajstić information content (AvgIpc) is 3.28. The number of hydrogen-bond donors (Lipinski definition) is 0. The van der Waals surface area contributed by atoms with Crippen molar-refractivity contribution >= 4 is 0 Å². The summed E-state index contributed by atoms with van der Waals surface area (Å²) in [5.41, 5.74) is 3.06. The molecule has 2 aromatic carbocycles. The molecular weight excluding hydrogens is 438 g/mol. The van der Waals surface area contributed by atoms with E-state index < -0.39 is 0 Å². The Kier molecular flexibility index (Phi) is 6.04. The monoisotopic (exact) mass is 471 g/mol. The van der Waals surface area contributed by atoms with Crippen molar-refractivity contribution in [1.29, 1.82) is 0 Å². The van der Waals surface area contributed by atoms with E-state index in [2.05, 4.69) is 68.4 Å². The fourth-order valence-corrected chi connectivity index (χ4v) is 7.29. The molecule has 2 aliphatic heterocycles. The van der Waals surface area contributed by atoms with E-state index in [1.807, 2.05) is 0 Å². The normalized spacial score (nSPS) is 36.4. The van der Waals surface area contributed by atoms with Gasteiger partial charge in [-0.3, -0.25) is 0 Å². The van der Waals surface area contributed by atoms with Crippen LogP contribution in [0, 0.1) is 17.8 Å². The van der Waals surface area contributed by atoms with E-state index in [1.165, 1.54) is 35.0 Å². The minimum Gasteiger partial charge on any atom is -1.00 e. The van der Waals surface area contributed by atoms with Crippen LogP contribution in [0.4, 0.5) is 0 Å². The molecule has 6 atom stereocenters. The fourth-order valence-electron chi connectivity index (χ4n) is 7.29. The summed E-state index contributed by atoms with van der Waals surface area (Å²) in [6.45, 7) is 9.37. The molecule has 0 bridgehead atoms. The smallest absolute Gasteiger partial charge is 0.118 e. The van der Waals surface area contributed by atoms with Gasteiger partial charge in [-0.05, 0) is 49.6 Å². The van der Waals surface area contributed by atoms with Crippen LogP contribution in [0.3, 0.4) is 0 Å². The van der Waals surface area contributed by atoms with Gasteiger partial charge in [0.15, 0.2) is 0 Å². The topological polar surface area (TPSA) is 18.5 Å². The lowest BCUT2D eigenvalue weighted by Crippen LogP contribution is -3.00. The quantitative estimate of drug-likeness (QED) is 0.600. The standard InChI is InChI=1S/C26H34NO2.BrH/c1-19-15-27(16-20-9-11-22(28-3)12-10-20)17-25(24-14-13-23(19)26(24,27)2)29-18-21-7-5-4-6-8-21;/h4-12,19,23-25H,13-18H2,1-3H3;1H/q+1;/p-1/t19-,23+,24-,25+,26-,27-;/m1./s1. The summed E-state index contributed by atoms with van der Waals surface area (Å²) < 4.78 is 13.2. The molecule has 3 nitrogen and oxygen atoms in total. The van der Waals surface area contributed by atoms with Gasteiger partial charge in [0.2, 0.25) is 0 Å². The van der Waals surface area contributed by atoms with Crippen LogP contribution in [-0.2, 0) is 17.9 Å². The minimum absolute atomic E-state index is 0. The van der Waals surface area contributed by atoms with Crippen molar-refractivity contribution in [3.63, 3.8) is 0 Å². The molecule has 3 aliphatic rings. The van der Waals surface area contributed by atoms with Crippen LogP contribution >= 0.6 is 0 Å². The molecule has 0 N–H and O–H groups in total. The van der Waals surface area contributed by atoms with Crippen molar-refractivity contribution < 1.29 is 30.9 Å². The van der Waals surface area contributed by atoms with Gasteiger partial charge >= 0.3 is 0 Å². The maximum Gasteiger partial charge on any atom is 0.118 e. The summed E-state index contributed by atoms with van der Waals surface area (Å²) in [6, 6.07) is 19.4. The van der Waals surface area contributed by atoms with Gasteiger partial charge in [0.05, 0.1) is 20.3 Å². The molecule has 2 aromatic rings. The highest BCUT2D eigenvalue weighted by Gasteiger charge is 2.73. The van der Waals surface area contributed by atoms with Crippen LogP contribution in [0.25, 0.3) is 0 Å². The molecule has 0 spiro atoms. The van der Waals surface area contributed by atoms with Crippen LogP contribution in [0.2, 0.25) is 0 Å². The van der Waals surface area contributed by atoms with Crippen molar-refractivity contribution in [3.8, 4) is 5.75 Å². The maximum atomic E-state index is 6.62. The van der Waals surface area contributed by atoms with Gasteiger partial charge in [0.1, 0.15) is 30.5 Å². The molecule has 5 rings (SSSR count). The van der Waals surface area contributed by atoms with Gasteiger partial charge in [-0.25, -0.2) is 0 Å². The Bertz CT molecular complexity index is 857. The number of ether oxygens (including phenoxy) is 2. The van der Waals surface area contributed by atoms with Gasteiger partial charge < -0.3 is 30.9 Å². The van der Waals surface area contributed by atoms with Gasteiger partial charge in [-0.2, -0.15) is 0 Å². The third-order valence-electron chi connectivity index (χ3n) is 8.57. The summed E-state index contributed by atoms with van der Waals surface area (Å²) >= 11 is 0. The van der Waals surface area contributed by atoms with Gasteiger partial charge in [0.25, 0.3) is 0 Å².